The van der Waals surface area contributed by atoms with E-state index in [1.54, 1.807) is 13.2 Å². The second-order valence-corrected chi connectivity index (χ2v) is 9.96. The van der Waals surface area contributed by atoms with Gasteiger partial charge in [-0.05, 0) is 56.4 Å². The van der Waals surface area contributed by atoms with Crippen molar-refractivity contribution in [3.63, 3.8) is 0 Å². The predicted octanol–water partition coefficient (Wildman–Crippen LogP) is 5.17. The summed E-state index contributed by atoms with van der Waals surface area (Å²) in [6.07, 6.45) is 6.26. The normalized spacial score (nSPS) is 23.0. The summed E-state index contributed by atoms with van der Waals surface area (Å²) in [5.41, 5.74) is 0.711. The van der Waals surface area contributed by atoms with Crippen molar-refractivity contribution in [3.8, 4) is 11.1 Å². The third-order valence-electron chi connectivity index (χ3n) is 7.04. The third kappa shape index (κ3) is 7.35. The van der Waals surface area contributed by atoms with Crippen molar-refractivity contribution in [2.24, 2.45) is 0 Å². The third-order valence-corrected chi connectivity index (χ3v) is 7.04. The molecule has 0 radical (unpaired) electrons. The number of nitrogens with one attached hydrogen (secondary N) is 3. The van der Waals surface area contributed by atoms with E-state index in [2.05, 4.69) is 27.9 Å². The molecule has 35 heavy (non-hydrogen) atoms. The summed E-state index contributed by atoms with van der Waals surface area (Å²) in [7, 11) is 1.72. The number of hydrogen-bond donors (Lipinski definition) is 3. The van der Waals surface area contributed by atoms with E-state index in [4.69, 9.17) is 9.47 Å². The maximum Gasteiger partial charge on any atom is 0.149 e. The van der Waals surface area contributed by atoms with Crippen LogP contribution in [0, 0.1) is 5.82 Å². The number of aromatic nitrogens is 1. The van der Waals surface area contributed by atoms with Gasteiger partial charge in [0.25, 0.3) is 0 Å². The van der Waals surface area contributed by atoms with Crippen LogP contribution in [-0.2, 0) is 9.47 Å². The number of alkyl halides is 1. The van der Waals surface area contributed by atoms with Gasteiger partial charge in [0, 0.05) is 69.1 Å². The molecule has 1 aromatic heterocycles. The van der Waals surface area contributed by atoms with E-state index in [1.807, 2.05) is 24.3 Å². The van der Waals surface area contributed by atoms with Crippen LogP contribution in [0.2, 0.25) is 0 Å². The molecule has 6 nitrogen and oxygen atoms in total. The molecule has 1 aliphatic heterocycles. The highest BCUT2D eigenvalue weighted by atomic mass is 19.1. The second-order valence-electron chi connectivity index (χ2n) is 9.96. The summed E-state index contributed by atoms with van der Waals surface area (Å²) in [5, 5.41) is 10.3. The second kappa shape index (κ2) is 12.1. The van der Waals surface area contributed by atoms with E-state index in [0.717, 1.165) is 36.9 Å². The zero-order valence-electron chi connectivity index (χ0n) is 20.8. The molecule has 1 saturated heterocycles. The molecule has 4 rings (SSSR count). The van der Waals surface area contributed by atoms with Gasteiger partial charge >= 0.3 is 0 Å². The zero-order chi connectivity index (χ0) is 24.7. The van der Waals surface area contributed by atoms with Crippen molar-refractivity contribution in [1.82, 2.24) is 10.3 Å². The van der Waals surface area contributed by atoms with E-state index in [9.17, 15) is 8.78 Å². The van der Waals surface area contributed by atoms with Gasteiger partial charge in [-0.3, -0.25) is 0 Å². The molecule has 1 aromatic carbocycles. The molecule has 2 aliphatic rings. The van der Waals surface area contributed by atoms with Crippen molar-refractivity contribution in [2.75, 3.05) is 44.1 Å². The highest BCUT2D eigenvalue weighted by Crippen LogP contribution is 2.30. The molecule has 8 heteroatoms. The Morgan fingerprint density at radius 1 is 1.14 bits per heavy atom. The monoisotopic (exact) mass is 488 g/mol. The van der Waals surface area contributed by atoms with E-state index in [1.165, 1.54) is 6.20 Å². The maximum absolute atomic E-state index is 14.9. The summed E-state index contributed by atoms with van der Waals surface area (Å²) in [6, 6.07) is 10.4. The number of benzene rings is 1. The molecule has 2 fully saturated rings. The SMILES string of the molecule is COC[C@@H](C)N[C@H]1CC[C@H](Nc2cc(-c3cccc(NCC4(F)CCOCC4)c3)c(F)cn2)CC1. The molecular formula is C27H38F2N4O2. The Bertz CT molecular complexity index is 947. The quantitative estimate of drug-likeness (QED) is 0.429. The molecule has 1 atom stereocenters. The van der Waals surface area contributed by atoms with Gasteiger partial charge < -0.3 is 25.4 Å². The van der Waals surface area contributed by atoms with Crippen LogP contribution >= 0.6 is 0 Å². The van der Waals surface area contributed by atoms with E-state index in [-0.39, 0.29) is 12.4 Å². The Morgan fingerprint density at radius 3 is 2.63 bits per heavy atom. The number of halogens is 2. The van der Waals surface area contributed by atoms with Crippen molar-refractivity contribution < 1.29 is 18.3 Å². The fourth-order valence-corrected chi connectivity index (χ4v) is 5.02. The topological polar surface area (TPSA) is 67.4 Å². The summed E-state index contributed by atoms with van der Waals surface area (Å²) in [6.45, 7) is 3.96. The Hall–Kier alpha value is -2.29. The minimum atomic E-state index is -1.27. The number of hydrogen-bond acceptors (Lipinski definition) is 6. The molecule has 1 saturated carbocycles. The number of pyridine rings is 1. The summed E-state index contributed by atoms with van der Waals surface area (Å²) in [5.74, 6) is 0.299. The molecule has 0 bridgehead atoms. The van der Waals surface area contributed by atoms with Gasteiger partial charge in [0.2, 0.25) is 0 Å². The van der Waals surface area contributed by atoms with Crippen LogP contribution in [0.25, 0.3) is 11.1 Å². The first-order valence-electron chi connectivity index (χ1n) is 12.7. The van der Waals surface area contributed by atoms with Gasteiger partial charge in [-0.15, -0.1) is 0 Å². The van der Waals surface area contributed by atoms with Gasteiger partial charge in [-0.25, -0.2) is 13.8 Å². The molecule has 192 valence electrons. The number of rotatable bonds is 10. The van der Waals surface area contributed by atoms with Crippen LogP contribution in [0.3, 0.4) is 0 Å². The van der Waals surface area contributed by atoms with Crippen molar-refractivity contribution in [2.45, 2.75) is 69.2 Å². The first-order valence-corrected chi connectivity index (χ1v) is 12.7. The van der Waals surface area contributed by atoms with Crippen LogP contribution < -0.4 is 16.0 Å². The maximum atomic E-state index is 14.9. The van der Waals surface area contributed by atoms with Gasteiger partial charge in [0.05, 0.1) is 12.8 Å². The highest BCUT2D eigenvalue weighted by molar-refractivity contribution is 5.70. The number of anilines is 2. The van der Waals surface area contributed by atoms with Crippen molar-refractivity contribution in [3.05, 3.63) is 42.3 Å². The molecule has 3 N–H and O–H groups in total. The number of ether oxygens (including phenoxy) is 2. The van der Waals surface area contributed by atoms with Crippen molar-refractivity contribution in [1.29, 1.82) is 0 Å². The smallest absolute Gasteiger partial charge is 0.149 e. The van der Waals surface area contributed by atoms with Gasteiger partial charge in [-0.2, -0.15) is 0 Å². The van der Waals surface area contributed by atoms with Crippen LogP contribution in [0.4, 0.5) is 20.3 Å². The summed E-state index contributed by atoms with van der Waals surface area (Å²) >= 11 is 0. The fraction of sp³-hybridized carbons (Fsp3) is 0.593. The van der Waals surface area contributed by atoms with Crippen LogP contribution in [-0.4, -0.2) is 62.3 Å². The lowest BCUT2D eigenvalue weighted by atomic mass is 9.90. The standard InChI is InChI=1S/C27H38F2N4O2/c1-19(17-34-2)32-21-6-8-22(9-7-21)33-26-15-24(25(28)16-30-26)20-4-3-5-23(14-20)31-18-27(29)10-12-35-13-11-27/h3-5,14-16,19,21-22,31-32H,6-13,17-18H2,1-2H3,(H,30,33)/t19-,21-,22-/m1/s1. The van der Waals surface area contributed by atoms with Crippen LogP contribution in [0.5, 0.6) is 0 Å². The molecule has 1 aliphatic carbocycles. The molecule has 0 spiro atoms. The Labute approximate surface area is 207 Å². The highest BCUT2D eigenvalue weighted by Gasteiger charge is 2.32. The van der Waals surface area contributed by atoms with Gasteiger partial charge in [0.15, 0.2) is 0 Å². The first-order chi connectivity index (χ1) is 16.9. The lowest BCUT2D eigenvalue weighted by Crippen LogP contribution is -2.42. The van der Waals surface area contributed by atoms with E-state index >= 15 is 0 Å². The van der Waals surface area contributed by atoms with Gasteiger partial charge in [0.1, 0.15) is 17.3 Å². The Balaban J connectivity index is 1.36. The molecule has 2 heterocycles. The predicted molar refractivity (Wildman–Crippen MR) is 136 cm³/mol. The molecule has 2 aromatic rings. The minimum Gasteiger partial charge on any atom is -0.383 e. The number of methoxy groups -OCH3 is 1. The molecular weight excluding hydrogens is 450 g/mol. The Kier molecular flexibility index (Phi) is 8.92. The summed E-state index contributed by atoms with van der Waals surface area (Å²) < 4.78 is 40.1. The average molecular weight is 489 g/mol. The largest absolute Gasteiger partial charge is 0.383 e. The average Bonchev–Trinajstić information content (AvgIpc) is 2.86. The van der Waals surface area contributed by atoms with Crippen LogP contribution in [0.15, 0.2) is 36.5 Å². The zero-order valence-corrected chi connectivity index (χ0v) is 20.8. The number of nitrogens with zero attached hydrogens (tertiary/aromatic N) is 1. The lowest BCUT2D eigenvalue weighted by Gasteiger charge is -2.32. The Morgan fingerprint density at radius 2 is 1.89 bits per heavy atom. The minimum absolute atomic E-state index is 0.216. The van der Waals surface area contributed by atoms with Crippen LogP contribution in [0.1, 0.15) is 45.4 Å². The lowest BCUT2D eigenvalue weighted by molar-refractivity contribution is -0.00115. The first kappa shape index (κ1) is 25.8. The van der Waals surface area contributed by atoms with E-state index < -0.39 is 5.67 Å². The molecule has 0 unspecified atom stereocenters. The molecule has 0 amide bonds. The van der Waals surface area contributed by atoms with E-state index in [0.29, 0.717) is 62.2 Å². The van der Waals surface area contributed by atoms with Crippen molar-refractivity contribution >= 4 is 11.5 Å². The van der Waals surface area contributed by atoms with Gasteiger partial charge in [-0.1, -0.05) is 12.1 Å². The fourth-order valence-electron chi connectivity index (χ4n) is 5.02. The summed E-state index contributed by atoms with van der Waals surface area (Å²) in [4.78, 5) is 4.28.